The van der Waals surface area contributed by atoms with Gasteiger partial charge >= 0.3 is 0 Å². The van der Waals surface area contributed by atoms with E-state index in [4.69, 9.17) is 4.74 Å². The van der Waals surface area contributed by atoms with Gasteiger partial charge in [-0.3, -0.25) is 0 Å². The summed E-state index contributed by atoms with van der Waals surface area (Å²) >= 11 is 3.52. The molecule has 0 fully saturated rings. The molecule has 0 aliphatic heterocycles. The van der Waals surface area contributed by atoms with Gasteiger partial charge in [-0.1, -0.05) is 28.9 Å². The number of rotatable bonds is 7. The van der Waals surface area contributed by atoms with E-state index in [1.807, 2.05) is 6.08 Å². The fourth-order valence-electron chi connectivity index (χ4n) is 1.20. The van der Waals surface area contributed by atoms with Gasteiger partial charge < -0.3 is 4.74 Å². The Balaban J connectivity index is 3.67. The third-order valence-electron chi connectivity index (χ3n) is 2.25. The molecule has 12 heavy (non-hydrogen) atoms. The van der Waals surface area contributed by atoms with Crippen molar-refractivity contribution in [3.63, 3.8) is 0 Å². The highest BCUT2D eigenvalue weighted by Crippen LogP contribution is 2.21. The van der Waals surface area contributed by atoms with Crippen LogP contribution < -0.4 is 0 Å². The molecule has 0 saturated heterocycles. The zero-order valence-electron chi connectivity index (χ0n) is 8.05. The summed E-state index contributed by atoms with van der Waals surface area (Å²) in [5, 5.41) is 1.06. The van der Waals surface area contributed by atoms with Crippen LogP contribution in [0.1, 0.15) is 19.8 Å². The van der Waals surface area contributed by atoms with Crippen LogP contribution in [0.2, 0.25) is 0 Å². The second-order valence-electron chi connectivity index (χ2n) is 3.20. The standard InChI is InChI=1S/C10H19BrO/c1-4-5-10(8-11)9(2)6-7-12-3/h4,9-10H,1,5-8H2,2-3H3. The van der Waals surface area contributed by atoms with Gasteiger partial charge in [0.1, 0.15) is 0 Å². The van der Waals surface area contributed by atoms with Crippen molar-refractivity contribution >= 4 is 15.9 Å². The molecule has 0 rings (SSSR count). The van der Waals surface area contributed by atoms with Crippen molar-refractivity contribution in [2.24, 2.45) is 11.8 Å². The Kier molecular flexibility index (Phi) is 7.93. The summed E-state index contributed by atoms with van der Waals surface area (Å²) in [6, 6.07) is 0. The molecule has 0 aromatic carbocycles. The van der Waals surface area contributed by atoms with E-state index in [1.165, 1.54) is 0 Å². The lowest BCUT2D eigenvalue weighted by molar-refractivity contribution is 0.169. The third kappa shape index (κ3) is 4.94. The predicted octanol–water partition coefficient (Wildman–Crippen LogP) is 3.25. The summed E-state index contributed by atoms with van der Waals surface area (Å²) in [4.78, 5) is 0. The maximum atomic E-state index is 5.04. The van der Waals surface area contributed by atoms with Crippen LogP contribution in [0.5, 0.6) is 0 Å². The van der Waals surface area contributed by atoms with E-state index in [1.54, 1.807) is 7.11 Å². The summed E-state index contributed by atoms with van der Waals surface area (Å²) in [5.74, 6) is 1.42. The molecule has 0 amide bonds. The third-order valence-corrected chi connectivity index (χ3v) is 3.08. The second kappa shape index (κ2) is 7.81. The molecular formula is C10H19BrO. The first kappa shape index (κ1) is 12.2. The van der Waals surface area contributed by atoms with E-state index < -0.39 is 0 Å². The summed E-state index contributed by atoms with van der Waals surface area (Å²) in [7, 11) is 1.75. The number of hydrogen-bond acceptors (Lipinski definition) is 1. The number of alkyl halides is 1. The van der Waals surface area contributed by atoms with Crippen molar-refractivity contribution in [1.29, 1.82) is 0 Å². The minimum Gasteiger partial charge on any atom is -0.385 e. The van der Waals surface area contributed by atoms with E-state index in [-0.39, 0.29) is 0 Å². The molecule has 72 valence electrons. The van der Waals surface area contributed by atoms with Gasteiger partial charge in [0.15, 0.2) is 0 Å². The highest BCUT2D eigenvalue weighted by Gasteiger charge is 2.13. The topological polar surface area (TPSA) is 9.23 Å². The lowest BCUT2D eigenvalue weighted by atomic mass is 9.90. The number of halogens is 1. The maximum Gasteiger partial charge on any atom is 0.0464 e. The van der Waals surface area contributed by atoms with Gasteiger partial charge in [0.05, 0.1) is 0 Å². The van der Waals surface area contributed by atoms with Crippen molar-refractivity contribution in [2.45, 2.75) is 19.8 Å². The molecule has 0 aliphatic carbocycles. The van der Waals surface area contributed by atoms with Crippen LogP contribution in [0.25, 0.3) is 0 Å². The van der Waals surface area contributed by atoms with Crippen LogP contribution in [0.4, 0.5) is 0 Å². The van der Waals surface area contributed by atoms with E-state index >= 15 is 0 Å². The number of ether oxygens (including phenoxy) is 1. The van der Waals surface area contributed by atoms with E-state index in [0.717, 1.165) is 24.8 Å². The quantitative estimate of drug-likeness (QED) is 0.486. The Hall–Kier alpha value is 0.180. The van der Waals surface area contributed by atoms with Crippen molar-refractivity contribution in [2.75, 3.05) is 19.0 Å². The molecule has 0 aromatic heterocycles. The summed E-state index contributed by atoms with van der Waals surface area (Å²) in [6.45, 7) is 6.89. The smallest absolute Gasteiger partial charge is 0.0464 e. The van der Waals surface area contributed by atoms with Crippen LogP contribution in [0, 0.1) is 11.8 Å². The predicted molar refractivity (Wildman–Crippen MR) is 57.8 cm³/mol. The lowest BCUT2D eigenvalue weighted by Gasteiger charge is -2.19. The van der Waals surface area contributed by atoms with Gasteiger partial charge in [-0.05, 0) is 24.7 Å². The van der Waals surface area contributed by atoms with Gasteiger partial charge in [-0.2, -0.15) is 0 Å². The largest absolute Gasteiger partial charge is 0.385 e. The van der Waals surface area contributed by atoms with Crippen LogP contribution >= 0.6 is 15.9 Å². The molecule has 2 atom stereocenters. The summed E-state index contributed by atoms with van der Waals surface area (Å²) in [6.07, 6.45) is 4.23. The zero-order valence-corrected chi connectivity index (χ0v) is 9.64. The van der Waals surface area contributed by atoms with Gasteiger partial charge in [-0.25, -0.2) is 0 Å². The fraction of sp³-hybridized carbons (Fsp3) is 0.800. The van der Waals surface area contributed by atoms with Crippen molar-refractivity contribution < 1.29 is 4.74 Å². The molecule has 2 heteroatoms. The van der Waals surface area contributed by atoms with E-state index in [0.29, 0.717) is 11.8 Å². The van der Waals surface area contributed by atoms with Crippen LogP contribution in [0.15, 0.2) is 12.7 Å². The average molecular weight is 235 g/mol. The molecule has 0 saturated carbocycles. The number of allylic oxidation sites excluding steroid dienone is 1. The summed E-state index contributed by atoms with van der Waals surface area (Å²) < 4.78 is 5.04. The first-order valence-corrected chi connectivity index (χ1v) is 5.54. The molecule has 0 bridgehead atoms. The molecule has 0 radical (unpaired) electrons. The van der Waals surface area contributed by atoms with Gasteiger partial charge in [0.2, 0.25) is 0 Å². The van der Waals surface area contributed by atoms with Crippen LogP contribution in [0.3, 0.4) is 0 Å². The van der Waals surface area contributed by atoms with E-state index in [9.17, 15) is 0 Å². The molecular weight excluding hydrogens is 216 g/mol. The SMILES string of the molecule is C=CCC(CBr)C(C)CCOC. The zero-order chi connectivity index (χ0) is 9.40. The second-order valence-corrected chi connectivity index (χ2v) is 3.84. The van der Waals surface area contributed by atoms with Crippen LogP contribution in [-0.4, -0.2) is 19.0 Å². The molecule has 0 N–H and O–H groups in total. The van der Waals surface area contributed by atoms with Crippen molar-refractivity contribution in [1.82, 2.24) is 0 Å². The van der Waals surface area contributed by atoms with Crippen LogP contribution in [-0.2, 0) is 4.74 Å². The van der Waals surface area contributed by atoms with E-state index in [2.05, 4.69) is 29.4 Å². The molecule has 0 heterocycles. The van der Waals surface area contributed by atoms with Crippen molar-refractivity contribution in [3.05, 3.63) is 12.7 Å². The highest BCUT2D eigenvalue weighted by atomic mass is 79.9. The minimum absolute atomic E-state index is 0.706. The number of hydrogen-bond donors (Lipinski definition) is 0. The minimum atomic E-state index is 0.706. The normalized spacial score (nSPS) is 15.6. The Bertz CT molecular complexity index is 114. The Morgan fingerprint density at radius 3 is 2.67 bits per heavy atom. The Labute approximate surface area is 84.3 Å². The molecule has 0 spiro atoms. The van der Waals surface area contributed by atoms with Gasteiger partial charge in [-0.15, -0.1) is 6.58 Å². The molecule has 0 aromatic rings. The van der Waals surface area contributed by atoms with Gasteiger partial charge in [0, 0.05) is 19.0 Å². The monoisotopic (exact) mass is 234 g/mol. The molecule has 2 unspecified atom stereocenters. The average Bonchev–Trinajstić information content (AvgIpc) is 2.10. The lowest BCUT2D eigenvalue weighted by Crippen LogP contribution is -2.14. The highest BCUT2D eigenvalue weighted by molar-refractivity contribution is 9.09. The number of methoxy groups -OCH3 is 1. The fourth-order valence-corrected chi connectivity index (χ4v) is 2.10. The van der Waals surface area contributed by atoms with Crippen molar-refractivity contribution in [3.8, 4) is 0 Å². The maximum absolute atomic E-state index is 5.04. The summed E-state index contributed by atoms with van der Waals surface area (Å²) in [5.41, 5.74) is 0. The Morgan fingerprint density at radius 2 is 2.25 bits per heavy atom. The Morgan fingerprint density at radius 1 is 1.58 bits per heavy atom. The first-order valence-electron chi connectivity index (χ1n) is 4.42. The molecule has 0 aliphatic rings. The van der Waals surface area contributed by atoms with Gasteiger partial charge in [0.25, 0.3) is 0 Å². The molecule has 1 nitrogen and oxygen atoms in total. The first-order chi connectivity index (χ1) is 5.76.